The van der Waals surface area contributed by atoms with Gasteiger partial charge in [-0.05, 0) is 29.8 Å². The molecule has 0 spiro atoms. The second-order valence-electron chi connectivity index (χ2n) is 6.45. The lowest BCUT2D eigenvalue weighted by Crippen LogP contribution is -3.12. The van der Waals surface area contributed by atoms with Crippen molar-refractivity contribution in [2.24, 2.45) is 0 Å². The molecule has 2 aromatic carbocycles. The van der Waals surface area contributed by atoms with Crippen LogP contribution in [0.2, 0.25) is 0 Å². The van der Waals surface area contributed by atoms with Crippen LogP contribution in [0.4, 0.5) is 0 Å². The van der Waals surface area contributed by atoms with Crippen molar-refractivity contribution in [1.82, 2.24) is 0 Å². The average Bonchev–Trinajstić information content (AvgIpc) is 2.96. The molecule has 0 saturated carbocycles. The predicted octanol–water partition coefficient (Wildman–Crippen LogP) is 1.55. The molecule has 1 fully saturated rings. The van der Waals surface area contributed by atoms with Crippen LogP contribution >= 0.6 is 15.9 Å². The summed E-state index contributed by atoms with van der Waals surface area (Å²) in [6.07, 6.45) is 1.71. The van der Waals surface area contributed by atoms with Gasteiger partial charge in [0.1, 0.15) is 25.4 Å². The molecule has 0 atom stereocenters. The van der Waals surface area contributed by atoms with Crippen molar-refractivity contribution in [1.29, 1.82) is 0 Å². The van der Waals surface area contributed by atoms with Crippen molar-refractivity contribution in [3.8, 4) is 11.5 Å². The zero-order valence-corrected chi connectivity index (χ0v) is 15.7. The number of hydrogen-bond donors (Lipinski definition) is 1. The van der Waals surface area contributed by atoms with E-state index in [-0.39, 0.29) is 17.3 Å². The van der Waals surface area contributed by atoms with E-state index in [2.05, 4.69) is 15.9 Å². The summed E-state index contributed by atoms with van der Waals surface area (Å²) in [5, 5.41) is 12.4. The zero-order valence-electron chi connectivity index (χ0n) is 14.1. The Bertz CT molecular complexity index is 870. The van der Waals surface area contributed by atoms with Crippen LogP contribution in [0.25, 0.3) is 6.08 Å². The summed E-state index contributed by atoms with van der Waals surface area (Å²) in [6, 6.07) is 10.6. The van der Waals surface area contributed by atoms with Crippen LogP contribution in [-0.2, 0) is 11.3 Å². The number of halogens is 1. The van der Waals surface area contributed by atoms with Gasteiger partial charge in [0, 0.05) is 10.0 Å². The fourth-order valence-corrected chi connectivity index (χ4v) is 3.52. The van der Waals surface area contributed by atoms with Gasteiger partial charge in [-0.2, -0.15) is 0 Å². The van der Waals surface area contributed by atoms with Crippen molar-refractivity contribution >= 4 is 27.8 Å². The summed E-state index contributed by atoms with van der Waals surface area (Å²) in [6.45, 7) is 3.61. The highest BCUT2D eigenvalue weighted by Crippen LogP contribution is 2.38. The van der Waals surface area contributed by atoms with Gasteiger partial charge in [-0.15, -0.1) is 0 Å². The number of ether oxygens (including phenoxy) is 2. The molecule has 2 aromatic rings. The first-order valence-electron chi connectivity index (χ1n) is 8.56. The minimum atomic E-state index is -0.179. The van der Waals surface area contributed by atoms with E-state index in [1.54, 1.807) is 12.1 Å². The molecule has 2 heterocycles. The highest BCUT2D eigenvalue weighted by molar-refractivity contribution is 9.10. The van der Waals surface area contributed by atoms with Gasteiger partial charge < -0.3 is 19.5 Å². The van der Waals surface area contributed by atoms with Crippen molar-refractivity contribution in [2.45, 2.75) is 6.54 Å². The number of ketones is 1. The fourth-order valence-electron chi connectivity index (χ4n) is 3.25. The molecule has 0 aliphatic carbocycles. The van der Waals surface area contributed by atoms with Crippen LogP contribution in [0.3, 0.4) is 0 Å². The van der Waals surface area contributed by atoms with Crippen molar-refractivity contribution in [3.63, 3.8) is 0 Å². The van der Waals surface area contributed by atoms with E-state index in [9.17, 15) is 9.90 Å². The summed E-state index contributed by atoms with van der Waals surface area (Å²) < 4.78 is 12.2. The number of carbonyl (C=O) groups is 1. The van der Waals surface area contributed by atoms with Crippen LogP contribution < -0.4 is 14.7 Å². The third kappa shape index (κ3) is 3.40. The van der Waals surface area contributed by atoms with Gasteiger partial charge in [0.15, 0.2) is 5.76 Å². The molecule has 2 aliphatic heterocycles. The highest BCUT2D eigenvalue weighted by Gasteiger charge is 2.31. The van der Waals surface area contributed by atoms with Crippen LogP contribution in [0.15, 0.2) is 46.6 Å². The predicted molar refractivity (Wildman–Crippen MR) is 98.2 cm³/mol. The van der Waals surface area contributed by atoms with E-state index in [1.807, 2.05) is 24.3 Å². The number of Topliss-reactive ketones (excluding diaryl/α,β-unsaturated/α-hetero) is 1. The molecule has 5 nitrogen and oxygen atoms in total. The molecule has 1 N–H and O–H groups in total. The Labute approximate surface area is 160 Å². The molecule has 2 aliphatic rings. The number of allylic oxidation sites excluding steroid dienone is 1. The van der Waals surface area contributed by atoms with Crippen LogP contribution in [-0.4, -0.2) is 32.1 Å². The molecular weight excluding hydrogens is 398 g/mol. The Balaban J connectivity index is 1.64. The lowest BCUT2D eigenvalue weighted by Gasteiger charge is -2.26. The van der Waals surface area contributed by atoms with Gasteiger partial charge in [0.25, 0.3) is 0 Å². The average molecular weight is 416 g/mol. The maximum atomic E-state index is 12.7. The zero-order chi connectivity index (χ0) is 18.1. The molecule has 4 rings (SSSR count). The maximum absolute atomic E-state index is 12.7. The first-order valence-corrected chi connectivity index (χ1v) is 9.35. The number of hydrogen-bond acceptors (Lipinski definition) is 4. The van der Waals surface area contributed by atoms with Crippen molar-refractivity contribution < 1.29 is 24.3 Å². The largest absolute Gasteiger partial charge is 0.872 e. The summed E-state index contributed by atoms with van der Waals surface area (Å²) in [5.74, 6) is 0.414. The van der Waals surface area contributed by atoms with Gasteiger partial charge in [0.05, 0.1) is 18.8 Å². The van der Waals surface area contributed by atoms with Gasteiger partial charge >= 0.3 is 0 Å². The van der Waals surface area contributed by atoms with E-state index >= 15 is 0 Å². The molecule has 1 saturated heterocycles. The lowest BCUT2D eigenvalue weighted by atomic mass is 10.0. The van der Waals surface area contributed by atoms with E-state index in [1.165, 1.54) is 11.0 Å². The van der Waals surface area contributed by atoms with E-state index in [4.69, 9.17) is 9.47 Å². The summed E-state index contributed by atoms with van der Waals surface area (Å²) in [4.78, 5) is 14.0. The Kier molecular flexibility index (Phi) is 4.80. The van der Waals surface area contributed by atoms with Crippen LogP contribution in [0, 0.1) is 0 Å². The first-order chi connectivity index (χ1) is 12.6. The number of benzene rings is 2. The molecule has 0 radical (unpaired) electrons. The van der Waals surface area contributed by atoms with Crippen LogP contribution in [0.5, 0.6) is 11.5 Å². The maximum Gasteiger partial charge on any atom is 0.231 e. The third-order valence-electron chi connectivity index (χ3n) is 4.69. The minimum Gasteiger partial charge on any atom is -0.872 e. The van der Waals surface area contributed by atoms with Gasteiger partial charge in [0.2, 0.25) is 5.78 Å². The molecular formula is C20H18BrNO4. The Morgan fingerprint density at radius 3 is 2.58 bits per heavy atom. The number of quaternary nitrogens is 1. The number of fused-ring (bicyclic) bond motifs is 1. The monoisotopic (exact) mass is 415 g/mol. The number of carbonyl (C=O) groups excluding carboxylic acids is 1. The minimum absolute atomic E-state index is 0.0829. The molecule has 0 unspecified atom stereocenters. The van der Waals surface area contributed by atoms with Crippen molar-refractivity contribution in [3.05, 3.63) is 63.3 Å². The SMILES string of the molecule is O=C1/C(=C/c2ccc(Br)cc2)Oc2c1ccc([O-])c2C[NH+]1CCOCC1. The summed E-state index contributed by atoms with van der Waals surface area (Å²) in [7, 11) is 0. The Morgan fingerprint density at radius 2 is 1.85 bits per heavy atom. The molecule has 6 heteroatoms. The second kappa shape index (κ2) is 7.23. The van der Waals surface area contributed by atoms with E-state index in [0.717, 1.165) is 23.1 Å². The van der Waals surface area contributed by atoms with E-state index in [0.29, 0.717) is 36.6 Å². The molecule has 26 heavy (non-hydrogen) atoms. The van der Waals surface area contributed by atoms with Crippen molar-refractivity contribution in [2.75, 3.05) is 26.3 Å². The summed E-state index contributed by atoms with van der Waals surface area (Å²) in [5.41, 5.74) is 1.91. The molecule has 0 bridgehead atoms. The molecule has 134 valence electrons. The van der Waals surface area contributed by atoms with E-state index < -0.39 is 0 Å². The smallest absolute Gasteiger partial charge is 0.231 e. The number of rotatable bonds is 3. The van der Waals surface area contributed by atoms with Gasteiger partial charge in [-0.3, -0.25) is 4.79 Å². The lowest BCUT2D eigenvalue weighted by molar-refractivity contribution is -0.921. The topological polar surface area (TPSA) is 63.0 Å². The van der Waals surface area contributed by atoms with Crippen LogP contribution in [0.1, 0.15) is 21.5 Å². The quantitative estimate of drug-likeness (QED) is 0.772. The number of morpholine rings is 1. The third-order valence-corrected chi connectivity index (χ3v) is 5.22. The Hall–Kier alpha value is -2.15. The second-order valence-corrected chi connectivity index (χ2v) is 7.37. The number of nitrogens with one attached hydrogen (secondary N) is 1. The standard InChI is InChI=1S/C20H18BrNO4/c21-14-3-1-13(2-4-14)11-18-19(24)15-5-6-17(23)16(20(15)26-18)12-22-7-9-25-10-8-22/h1-6,11,23H,7-10,12H2/b18-11-. The summed E-state index contributed by atoms with van der Waals surface area (Å²) >= 11 is 3.39. The Morgan fingerprint density at radius 1 is 1.12 bits per heavy atom. The molecule has 0 aromatic heterocycles. The van der Waals surface area contributed by atoms with Gasteiger partial charge in [-0.25, -0.2) is 0 Å². The molecule has 0 amide bonds. The fraction of sp³-hybridized carbons (Fsp3) is 0.250. The first kappa shape index (κ1) is 17.3. The highest BCUT2D eigenvalue weighted by atomic mass is 79.9. The van der Waals surface area contributed by atoms with Gasteiger partial charge in [-0.1, -0.05) is 39.9 Å². The normalized spacial score (nSPS) is 18.8.